The Hall–Kier alpha value is -1.01. The summed E-state index contributed by atoms with van der Waals surface area (Å²) in [6.07, 6.45) is -0.558. The van der Waals surface area contributed by atoms with Gasteiger partial charge in [-0.2, -0.15) is 4.42 Å². The summed E-state index contributed by atoms with van der Waals surface area (Å²) in [5.74, 6) is -2.06. The minimum absolute atomic E-state index is 0.264. The molecule has 1 saturated heterocycles. The molecule has 1 unspecified atom stereocenters. The van der Waals surface area contributed by atoms with Crippen LogP contribution < -0.4 is 0 Å². The molecule has 0 aromatic rings. The summed E-state index contributed by atoms with van der Waals surface area (Å²) in [7, 11) is 0. The molecule has 0 saturated carbocycles. The maximum absolute atomic E-state index is 11.0. The van der Waals surface area contributed by atoms with Crippen molar-refractivity contribution in [3.05, 3.63) is 0 Å². The van der Waals surface area contributed by atoms with Crippen LogP contribution in [0.1, 0.15) is 6.42 Å². The van der Waals surface area contributed by atoms with Gasteiger partial charge < -0.3 is 5.11 Å². The fraction of sp³-hybridized carbons (Fsp3) is 0.400. The average molecular weight is 227 g/mol. The van der Waals surface area contributed by atoms with Gasteiger partial charge in [0.05, 0.1) is 6.42 Å². The van der Waals surface area contributed by atoms with E-state index in [2.05, 4.69) is 0 Å². The summed E-state index contributed by atoms with van der Waals surface area (Å²) in [5, 5.41) is 8.37. The molecule has 72 valence electrons. The number of halogens is 2. The highest BCUT2D eigenvalue weighted by Crippen LogP contribution is 2.23. The van der Waals surface area contributed by atoms with E-state index in [1.807, 2.05) is 0 Å². The lowest BCUT2D eigenvalue weighted by Crippen LogP contribution is -2.29. The first-order chi connectivity index (χ1) is 5.95. The summed E-state index contributed by atoms with van der Waals surface area (Å²) < 4.78 is 0.740. The Morgan fingerprint density at radius 2 is 2.00 bits per heavy atom. The number of rotatable bonds is 2. The van der Waals surface area contributed by atoms with Gasteiger partial charge in [-0.1, -0.05) is 0 Å². The molecule has 1 atom stereocenters. The summed E-state index contributed by atoms with van der Waals surface area (Å²) in [6.45, 7) is 0. The molecule has 0 bridgehead atoms. The van der Waals surface area contributed by atoms with Gasteiger partial charge in [-0.3, -0.25) is 9.59 Å². The number of imide groups is 1. The molecule has 1 heterocycles. The Balaban J connectivity index is 2.81. The summed E-state index contributed by atoms with van der Waals surface area (Å²) in [4.78, 5) is 32.2. The van der Waals surface area contributed by atoms with Gasteiger partial charge in [0.15, 0.2) is 0 Å². The third-order valence-corrected chi connectivity index (χ3v) is 2.16. The average Bonchev–Trinajstić information content (AvgIpc) is 2.22. The van der Waals surface area contributed by atoms with Crippen LogP contribution in [-0.4, -0.2) is 37.9 Å². The Morgan fingerprint density at radius 3 is 2.31 bits per heavy atom. The van der Waals surface area contributed by atoms with E-state index in [-0.39, 0.29) is 4.42 Å². The van der Waals surface area contributed by atoms with Gasteiger partial charge in [0.1, 0.15) is 6.04 Å². The van der Waals surface area contributed by atoms with Gasteiger partial charge in [-0.15, -0.1) is 0 Å². The second kappa shape index (κ2) is 3.39. The first-order valence-electron chi connectivity index (χ1n) is 3.15. The van der Waals surface area contributed by atoms with Gasteiger partial charge in [-0.25, -0.2) is 9.21 Å². The number of carboxylic acids is 1. The normalized spacial score (nSPS) is 22.8. The van der Waals surface area contributed by atoms with Crippen LogP contribution in [0.3, 0.4) is 0 Å². The van der Waals surface area contributed by atoms with Crippen LogP contribution in [0.15, 0.2) is 0 Å². The zero-order valence-corrected chi connectivity index (χ0v) is 7.62. The molecule has 1 N–H and O–H groups in total. The van der Waals surface area contributed by atoms with Crippen molar-refractivity contribution >= 4 is 41.5 Å². The molecule has 0 aromatic carbocycles. The maximum Gasteiger partial charge on any atom is 0.357 e. The second-order valence-electron chi connectivity index (χ2n) is 2.33. The SMILES string of the molecule is O=C(O)CC1C(=O)N(Cl)C(=O)N1Cl. The molecular weight excluding hydrogens is 223 g/mol. The smallest absolute Gasteiger partial charge is 0.357 e. The van der Waals surface area contributed by atoms with E-state index in [0.29, 0.717) is 4.42 Å². The number of carboxylic acid groups (broad SMARTS) is 1. The number of amides is 3. The molecule has 0 aliphatic carbocycles. The molecular formula is C5H4Cl2N2O4. The fourth-order valence-corrected chi connectivity index (χ4v) is 1.33. The van der Waals surface area contributed by atoms with E-state index in [9.17, 15) is 14.4 Å². The van der Waals surface area contributed by atoms with Crippen LogP contribution in [0.4, 0.5) is 4.79 Å². The minimum atomic E-state index is -1.23. The summed E-state index contributed by atoms with van der Waals surface area (Å²) >= 11 is 10.5. The maximum atomic E-state index is 11.0. The lowest BCUT2D eigenvalue weighted by molar-refractivity contribution is -0.140. The van der Waals surface area contributed by atoms with Gasteiger partial charge in [-0.05, 0) is 0 Å². The van der Waals surface area contributed by atoms with E-state index < -0.39 is 30.4 Å². The van der Waals surface area contributed by atoms with Crippen molar-refractivity contribution in [2.45, 2.75) is 12.5 Å². The molecule has 1 aliphatic rings. The van der Waals surface area contributed by atoms with Gasteiger partial charge >= 0.3 is 12.0 Å². The first-order valence-corrected chi connectivity index (χ1v) is 3.83. The molecule has 0 spiro atoms. The standard InChI is InChI=1S/C5H4Cl2N2O4/c6-8-2(1-3(10)11)4(12)9(7)5(8)13/h2H,1H2,(H,10,11). The number of carbonyl (C=O) groups excluding carboxylic acids is 2. The van der Waals surface area contributed by atoms with Crippen LogP contribution >= 0.6 is 23.6 Å². The van der Waals surface area contributed by atoms with Crippen molar-refractivity contribution in [3.63, 3.8) is 0 Å². The zero-order chi connectivity index (χ0) is 10.2. The van der Waals surface area contributed by atoms with Crippen molar-refractivity contribution in [1.82, 2.24) is 8.84 Å². The molecule has 0 aromatic heterocycles. The third kappa shape index (κ3) is 1.68. The molecule has 1 rings (SSSR count). The van der Waals surface area contributed by atoms with Crippen LogP contribution in [0.2, 0.25) is 0 Å². The van der Waals surface area contributed by atoms with Crippen molar-refractivity contribution in [2.24, 2.45) is 0 Å². The van der Waals surface area contributed by atoms with Crippen molar-refractivity contribution in [2.75, 3.05) is 0 Å². The van der Waals surface area contributed by atoms with E-state index in [4.69, 9.17) is 28.7 Å². The van der Waals surface area contributed by atoms with Crippen LogP contribution in [0.5, 0.6) is 0 Å². The monoisotopic (exact) mass is 226 g/mol. The van der Waals surface area contributed by atoms with Gasteiger partial charge in [0.2, 0.25) is 0 Å². The minimum Gasteiger partial charge on any atom is -0.481 e. The third-order valence-electron chi connectivity index (χ3n) is 1.47. The van der Waals surface area contributed by atoms with Crippen molar-refractivity contribution < 1.29 is 19.5 Å². The summed E-state index contributed by atoms with van der Waals surface area (Å²) in [5.41, 5.74) is 0. The highest BCUT2D eigenvalue weighted by atomic mass is 35.5. The fourth-order valence-electron chi connectivity index (χ4n) is 0.872. The van der Waals surface area contributed by atoms with Crippen molar-refractivity contribution in [3.8, 4) is 0 Å². The number of aliphatic carboxylic acids is 1. The Morgan fingerprint density at radius 1 is 1.46 bits per heavy atom. The topological polar surface area (TPSA) is 77.9 Å². The number of carbonyl (C=O) groups is 3. The highest BCUT2D eigenvalue weighted by Gasteiger charge is 2.45. The largest absolute Gasteiger partial charge is 0.481 e. The molecule has 6 nitrogen and oxygen atoms in total. The van der Waals surface area contributed by atoms with Crippen molar-refractivity contribution in [1.29, 1.82) is 0 Å². The van der Waals surface area contributed by atoms with E-state index in [0.717, 1.165) is 0 Å². The highest BCUT2D eigenvalue weighted by molar-refractivity contribution is 6.38. The molecule has 3 amide bonds. The lowest BCUT2D eigenvalue weighted by atomic mass is 10.2. The molecule has 1 aliphatic heterocycles. The summed E-state index contributed by atoms with van der Waals surface area (Å²) in [6, 6.07) is -2.15. The number of hydrogen-bond acceptors (Lipinski definition) is 3. The van der Waals surface area contributed by atoms with Crippen LogP contribution in [-0.2, 0) is 9.59 Å². The molecule has 0 radical (unpaired) electrons. The Labute approximate surface area is 82.8 Å². The van der Waals surface area contributed by atoms with Crippen LogP contribution in [0, 0.1) is 0 Å². The predicted molar refractivity (Wildman–Crippen MR) is 41.8 cm³/mol. The number of hydrogen-bond donors (Lipinski definition) is 1. The lowest BCUT2D eigenvalue weighted by Gasteiger charge is -2.08. The molecule has 13 heavy (non-hydrogen) atoms. The quantitative estimate of drug-likeness (QED) is 0.547. The zero-order valence-electron chi connectivity index (χ0n) is 6.11. The van der Waals surface area contributed by atoms with Crippen LogP contribution in [0.25, 0.3) is 0 Å². The second-order valence-corrected chi connectivity index (χ2v) is 3.03. The van der Waals surface area contributed by atoms with Gasteiger partial charge in [0.25, 0.3) is 5.91 Å². The first kappa shape index (κ1) is 10.1. The molecule has 8 heteroatoms. The Kier molecular flexibility index (Phi) is 2.63. The number of nitrogens with zero attached hydrogens (tertiary/aromatic N) is 2. The predicted octanol–water partition coefficient (Wildman–Crippen LogP) is 0.402. The molecule has 1 fully saturated rings. The van der Waals surface area contributed by atoms with Gasteiger partial charge in [0, 0.05) is 23.6 Å². The van der Waals surface area contributed by atoms with E-state index >= 15 is 0 Å². The number of urea groups is 1. The Bertz CT molecular complexity index is 282. The van der Waals surface area contributed by atoms with E-state index in [1.165, 1.54) is 0 Å². The van der Waals surface area contributed by atoms with E-state index in [1.54, 1.807) is 0 Å².